The molecule has 1 unspecified atom stereocenters. The van der Waals surface area contributed by atoms with Crippen LogP contribution in [0.1, 0.15) is 43.5 Å². The maximum atomic E-state index is 5.60. The van der Waals surface area contributed by atoms with Crippen molar-refractivity contribution < 1.29 is 0 Å². The molecule has 1 aromatic rings. The summed E-state index contributed by atoms with van der Waals surface area (Å²) in [4.78, 5) is 1.81. The van der Waals surface area contributed by atoms with Gasteiger partial charge in [0.15, 0.2) is 0 Å². The van der Waals surface area contributed by atoms with Crippen molar-refractivity contribution in [1.82, 2.24) is 15.0 Å². The molecule has 14 heavy (non-hydrogen) atoms. The normalized spacial score (nSPS) is 20.9. The Labute approximate surface area is 84.5 Å². The van der Waals surface area contributed by atoms with Gasteiger partial charge in [0.2, 0.25) is 0 Å². The quantitative estimate of drug-likeness (QED) is 0.783. The minimum absolute atomic E-state index is 0.559. The number of aryl methyl sites for hydroxylation is 2. The number of hydrogen-bond acceptors (Lipinski definition) is 3. The van der Waals surface area contributed by atoms with Gasteiger partial charge >= 0.3 is 0 Å². The van der Waals surface area contributed by atoms with Gasteiger partial charge in [0.05, 0.1) is 17.9 Å². The molecule has 4 nitrogen and oxygen atoms in total. The molecule has 0 fully saturated rings. The second kappa shape index (κ2) is 4.09. The highest BCUT2D eigenvalue weighted by Gasteiger charge is 2.24. The van der Waals surface area contributed by atoms with E-state index in [4.69, 9.17) is 5.73 Å². The van der Waals surface area contributed by atoms with E-state index >= 15 is 0 Å². The second-order valence-corrected chi connectivity index (χ2v) is 3.89. The fraction of sp³-hybridized carbons (Fsp3) is 0.800. The summed E-state index contributed by atoms with van der Waals surface area (Å²) in [6, 6.07) is 0. The molecule has 1 heterocycles. The van der Waals surface area contributed by atoms with E-state index in [-0.39, 0.29) is 0 Å². The van der Waals surface area contributed by atoms with Crippen molar-refractivity contribution in [3.05, 3.63) is 11.4 Å². The smallest absolute Gasteiger partial charge is 0.0890 e. The maximum absolute atomic E-state index is 5.60. The molecule has 0 aromatic carbocycles. The predicted octanol–water partition coefficient (Wildman–Crippen LogP) is 1.07. The van der Waals surface area contributed by atoms with E-state index in [2.05, 4.69) is 17.1 Å². The predicted molar refractivity (Wildman–Crippen MR) is 55.0 cm³/mol. The van der Waals surface area contributed by atoms with Crippen LogP contribution in [0.25, 0.3) is 0 Å². The van der Waals surface area contributed by atoms with E-state index in [0.717, 1.165) is 25.9 Å². The highest BCUT2D eigenvalue weighted by atomic mass is 15.5. The van der Waals surface area contributed by atoms with Gasteiger partial charge in [-0.15, -0.1) is 0 Å². The van der Waals surface area contributed by atoms with Crippen LogP contribution in [0.15, 0.2) is 0 Å². The van der Waals surface area contributed by atoms with E-state index in [1.807, 2.05) is 0 Å². The summed E-state index contributed by atoms with van der Waals surface area (Å²) >= 11 is 0. The van der Waals surface area contributed by atoms with Crippen LogP contribution in [0.3, 0.4) is 0 Å². The van der Waals surface area contributed by atoms with Crippen LogP contribution in [0.2, 0.25) is 0 Å². The molecule has 0 radical (unpaired) electrons. The van der Waals surface area contributed by atoms with Gasteiger partial charge in [0.1, 0.15) is 0 Å². The van der Waals surface area contributed by atoms with Crippen LogP contribution in [0, 0.1) is 0 Å². The van der Waals surface area contributed by atoms with Gasteiger partial charge in [-0.2, -0.15) is 15.0 Å². The molecule has 0 spiro atoms. The van der Waals surface area contributed by atoms with Gasteiger partial charge in [0.25, 0.3) is 0 Å². The molecule has 4 heteroatoms. The molecule has 0 bridgehead atoms. The summed E-state index contributed by atoms with van der Waals surface area (Å²) in [6.45, 7) is 3.69. The van der Waals surface area contributed by atoms with Crippen molar-refractivity contribution >= 4 is 0 Å². The van der Waals surface area contributed by atoms with Gasteiger partial charge in [-0.05, 0) is 39.2 Å². The minimum atomic E-state index is 0.559. The Morgan fingerprint density at radius 2 is 2.36 bits per heavy atom. The zero-order chi connectivity index (χ0) is 9.97. The molecule has 1 aliphatic rings. The van der Waals surface area contributed by atoms with Gasteiger partial charge in [-0.3, -0.25) is 0 Å². The van der Waals surface area contributed by atoms with E-state index in [0.29, 0.717) is 5.92 Å². The van der Waals surface area contributed by atoms with Gasteiger partial charge in [-0.1, -0.05) is 0 Å². The van der Waals surface area contributed by atoms with Crippen molar-refractivity contribution in [2.75, 3.05) is 6.54 Å². The Hall–Kier alpha value is -0.900. The lowest BCUT2D eigenvalue weighted by Crippen LogP contribution is -2.13. The number of nitrogens with two attached hydrogens (primary N) is 1. The van der Waals surface area contributed by atoms with Crippen LogP contribution >= 0.6 is 0 Å². The standard InChI is InChI=1S/C10H18N4/c1-2-14-12-9-5-3-4-8(6-7-11)10(9)13-14/h8H,2-7,11H2,1H3. The molecule has 0 saturated heterocycles. The molecule has 2 N–H and O–H groups in total. The Morgan fingerprint density at radius 3 is 3.07 bits per heavy atom. The summed E-state index contributed by atoms with van der Waals surface area (Å²) in [5, 5.41) is 8.99. The van der Waals surface area contributed by atoms with Crippen molar-refractivity contribution in [2.24, 2.45) is 5.73 Å². The average molecular weight is 194 g/mol. The van der Waals surface area contributed by atoms with Gasteiger partial charge in [0, 0.05) is 5.92 Å². The van der Waals surface area contributed by atoms with Gasteiger partial charge in [-0.25, -0.2) is 0 Å². The Balaban J connectivity index is 2.24. The van der Waals surface area contributed by atoms with Gasteiger partial charge < -0.3 is 5.73 Å². The number of nitrogens with zero attached hydrogens (tertiary/aromatic N) is 3. The van der Waals surface area contributed by atoms with E-state index < -0.39 is 0 Å². The zero-order valence-corrected chi connectivity index (χ0v) is 8.74. The number of aromatic nitrogens is 3. The number of fused-ring (bicyclic) bond motifs is 1. The molecule has 2 rings (SSSR count). The SMILES string of the molecule is CCn1nc2c(n1)C(CCN)CCC2. The van der Waals surface area contributed by atoms with Crippen molar-refractivity contribution in [3.8, 4) is 0 Å². The van der Waals surface area contributed by atoms with Crippen molar-refractivity contribution in [3.63, 3.8) is 0 Å². The molecule has 1 atom stereocenters. The minimum Gasteiger partial charge on any atom is -0.330 e. The van der Waals surface area contributed by atoms with Crippen LogP contribution in [0.5, 0.6) is 0 Å². The summed E-state index contributed by atoms with van der Waals surface area (Å²) in [6.07, 6.45) is 4.61. The first-order valence-corrected chi connectivity index (χ1v) is 5.49. The Kier molecular flexibility index (Phi) is 2.82. The maximum Gasteiger partial charge on any atom is 0.0890 e. The van der Waals surface area contributed by atoms with Crippen molar-refractivity contribution in [1.29, 1.82) is 0 Å². The number of hydrogen-bond donors (Lipinski definition) is 1. The highest BCUT2D eigenvalue weighted by Crippen LogP contribution is 2.30. The first kappa shape index (κ1) is 9.65. The number of rotatable bonds is 3. The van der Waals surface area contributed by atoms with Crippen LogP contribution in [-0.2, 0) is 13.0 Å². The summed E-state index contributed by atoms with van der Waals surface area (Å²) in [5.41, 5.74) is 8.02. The molecule has 0 saturated carbocycles. The first-order chi connectivity index (χ1) is 6.85. The lowest BCUT2D eigenvalue weighted by molar-refractivity contribution is 0.507. The van der Waals surface area contributed by atoms with Crippen LogP contribution in [0.4, 0.5) is 0 Å². The van der Waals surface area contributed by atoms with Crippen LogP contribution in [-0.4, -0.2) is 21.5 Å². The van der Waals surface area contributed by atoms with E-state index in [1.165, 1.54) is 24.2 Å². The fourth-order valence-corrected chi connectivity index (χ4v) is 2.17. The molecule has 0 amide bonds. The van der Waals surface area contributed by atoms with E-state index in [9.17, 15) is 0 Å². The second-order valence-electron chi connectivity index (χ2n) is 3.89. The first-order valence-electron chi connectivity index (χ1n) is 5.49. The zero-order valence-electron chi connectivity index (χ0n) is 8.74. The third kappa shape index (κ3) is 1.66. The molecule has 0 aliphatic heterocycles. The Bertz CT molecular complexity index is 305. The molecular weight excluding hydrogens is 176 g/mol. The lowest BCUT2D eigenvalue weighted by atomic mass is 9.88. The molecule has 1 aromatic heterocycles. The molecular formula is C10H18N4. The van der Waals surface area contributed by atoms with E-state index in [1.54, 1.807) is 4.80 Å². The largest absolute Gasteiger partial charge is 0.330 e. The van der Waals surface area contributed by atoms with Crippen molar-refractivity contribution in [2.45, 2.75) is 45.1 Å². The average Bonchev–Trinajstić information content (AvgIpc) is 2.62. The third-order valence-electron chi connectivity index (χ3n) is 2.91. The molecule has 1 aliphatic carbocycles. The highest BCUT2D eigenvalue weighted by molar-refractivity contribution is 5.17. The summed E-state index contributed by atoms with van der Waals surface area (Å²) in [5.74, 6) is 0.559. The summed E-state index contributed by atoms with van der Waals surface area (Å²) < 4.78 is 0. The topological polar surface area (TPSA) is 56.7 Å². The fourth-order valence-electron chi connectivity index (χ4n) is 2.17. The monoisotopic (exact) mass is 194 g/mol. The Morgan fingerprint density at radius 1 is 1.50 bits per heavy atom. The lowest BCUT2D eigenvalue weighted by Gasteiger charge is -2.18. The summed E-state index contributed by atoms with van der Waals surface area (Å²) in [7, 11) is 0. The third-order valence-corrected chi connectivity index (χ3v) is 2.91. The van der Waals surface area contributed by atoms with Crippen LogP contribution < -0.4 is 5.73 Å². The molecule has 78 valence electrons.